The third-order valence-corrected chi connectivity index (χ3v) is 3.57. The van der Waals surface area contributed by atoms with Crippen LogP contribution in [-0.2, 0) is 9.59 Å². The molecule has 8 heteroatoms. The number of hydrogen-bond acceptors (Lipinski definition) is 4. The van der Waals surface area contributed by atoms with Crippen molar-refractivity contribution in [3.63, 3.8) is 0 Å². The molecule has 1 heterocycles. The number of thiocarbonyl (C=S) groups is 1. The largest absolute Gasteiger partial charge is 0.481 e. The van der Waals surface area contributed by atoms with Crippen molar-refractivity contribution < 1.29 is 19.4 Å². The van der Waals surface area contributed by atoms with E-state index in [0.717, 1.165) is 4.47 Å². The van der Waals surface area contributed by atoms with Gasteiger partial charge in [-0.3, -0.25) is 9.69 Å². The number of benzene rings is 1. The topological polar surface area (TPSA) is 78.9 Å². The van der Waals surface area contributed by atoms with E-state index in [4.69, 9.17) is 22.1 Å². The van der Waals surface area contributed by atoms with Gasteiger partial charge in [0.25, 0.3) is 5.91 Å². The lowest BCUT2D eigenvalue weighted by Crippen LogP contribution is -2.25. The number of nitrogens with zero attached hydrogens (tertiary/aromatic N) is 1. The Bertz CT molecular complexity index is 660. The summed E-state index contributed by atoms with van der Waals surface area (Å²) in [6, 6.07) is 5.07. The summed E-state index contributed by atoms with van der Waals surface area (Å²) in [7, 11) is 1.57. The fraction of sp³-hybridized carbons (Fsp3) is 0.154. The summed E-state index contributed by atoms with van der Waals surface area (Å²) in [4.78, 5) is 23.9. The zero-order valence-electron chi connectivity index (χ0n) is 10.9. The maximum absolute atomic E-state index is 11.9. The van der Waals surface area contributed by atoms with Gasteiger partial charge >= 0.3 is 5.97 Å². The van der Waals surface area contributed by atoms with E-state index in [2.05, 4.69) is 21.2 Å². The fourth-order valence-corrected chi connectivity index (χ4v) is 2.25. The Kier molecular flexibility index (Phi) is 4.59. The molecule has 6 nitrogen and oxygen atoms in total. The van der Waals surface area contributed by atoms with Gasteiger partial charge in [0.2, 0.25) is 0 Å². The highest BCUT2D eigenvalue weighted by molar-refractivity contribution is 9.10. The van der Waals surface area contributed by atoms with Crippen LogP contribution in [0.5, 0.6) is 5.75 Å². The minimum absolute atomic E-state index is 0.260. The number of likely N-dealkylation sites (N-methyl/N-ethyl adjacent to an activating group) is 1. The molecule has 21 heavy (non-hydrogen) atoms. The van der Waals surface area contributed by atoms with Crippen LogP contribution in [0.2, 0.25) is 0 Å². The molecule has 0 spiro atoms. The van der Waals surface area contributed by atoms with Gasteiger partial charge < -0.3 is 15.2 Å². The second-order valence-electron chi connectivity index (χ2n) is 4.22. The van der Waals surface area contributed by atoms with Gasteiger partial charge in [-0.25, -0.2) is 4.79 Å². The van der Waals surface area contributed by atoms with Crippen LogP contribution in [0.15, 0.2) is 28.4 Å². The lowest BCUT2D eigenvalue weighted by atomic mass is 10.1. The predicted molar refractivity (Wildman–Crippen MR) is 83.8 cm³/mol. The molecule has 1 aliphatic heterocycles. The maximum atomic E-state index is 11.9. The minimum Gasteiger partial charge on any atom is -0.481 e. The quantitative estimate of drug-likeness (QED) is 0.619. The SMILES string of the molecule is CN1C(=O)C(=Cc2cc(Br)ccc2OCC(=O)O)NC1=S. The zero-order valence-corrected chi connectivity index (χ0v) is 13.3. The highest BCUT2D eigenvalue weighted by Gasteiger charge is 2.27. The van der Waals surface area contributed by atoms with Gasteiger partial charge in [-0.1, -0.05) is 15.9 Å². The van der Waals surface area contributed by atoms with Crippen LogP contribution in [0.4, 0.5) is 0 Å². The standard InChI is InChI=1S/C13H11BrN2O4S/c1-16-12(19)9(15-13(16)21)5-7-4-8(14)2-3-10(7)20-6-11(17)18/h2-5H,6H2,1H3,(H,15,21)(H,17,18). The lowest BCUT2D eigenvalue weighted by Gasteiger charge is -2.08. The van der Waals surface area contributed by atoms with Crippen molar-refractivity contribution in [3.05, 3.63) is 33.9 Å². The van der Waals surface area contributed by atoms with Crippen LogP contribution >= 0.6 is 28.1 Å². The molecule has 0 unspecified atom stereocenters. The van der Waals surface area contributed by atoms with E-state index in [1.165, 1.54) is 4.90 Å². The normalized spacial score (nSPS) is 16.3. The average Bonchev–Trinajstić information content (AvgIpc) is 2.65. The summed E-state index contributed by atoms with van der Waals surface area (Å²) in [6.45, 7) is -0.461. The Morgan fingerprint density at radius 2 is 2.29 bits per heavy atom. The number of ether oxygens (including phenoxy) is 1. The molecule has 110 valence electrons. The summed E-state index contributed by atoms with van der Waals surface area (Å²) in [5.41, 5.74) is 0.875. The number of nitrogens with one attached hydrogen (secondary N) is 1. The van der Waals surface area contributed by atoms with Gasteiger partial charge in [0.1, 0.15) is 11.4 Å². The van der Waals surface area contributed by atoms with Crippen LogP contribution in [0.25, 0.3) is 6.08 Å². The number of hydrogen-bond donors (Lipinski definition) is 2. The zero-order chi connectivity index (χ0) is 15.6. The molecule has 0 saturated carbocycles. The monoisotopic (exact) mass is 370 g/mol. The highest BCUT2D eigenvalue weighted by atomic mass is 79.9. The Labute approximate surface area is 134 Å². The van der Waals surface area contributed by atoms with E-state index in [9.17, 15) is 9.59 Å². The molecule has 0 bridgehead atoms. The number of carboxylic acid groups (broad SMARTS) is 1. The number of halogens is 1. The second-order valence-corrected chi connectivity index (χ2v) is 5.52. The first kappa shape index (κ1) is 15.5. The van der Waals surface area contributed by atoms with Crippen molar-refractivity contribution in [1.82, 2.24) is 10.2 Å². The third kappa shape index (κ3) is 3.59. The Morgan fingerprint density at radius 3 is 2.86 bits per heavy atom. The number of carboxylic acids is 1. The number of carbonyl (C=O) groups excluding carboxylic acids is 1. The van der Waals surface area contributed by atoms with Crippen LogP contribution in [0, 0.1) is 0 Å². The molecule has 2 rings (SSSR count). The van der Waals surface area contributed by atoms with Gasteiger partial charge in [0, 0.05) is 17.1 Å². The van der Waals surface area contributed by atoms with Gasteiger partial charge in [-0.05, 0) is 36.5 Å². The molecule has 1 aliphatic rings. The molecule has 0 atom stereocenters. The molecule has 0 aromatic heterocycles. The second kappa shape index (κ2) is 6.23. The summed E-state index contributed by atoms with van der Waals surface area (Å²) in [5, 5.41) is 11.8. The van der Waals surface area contributed by atoms with Crippen molar-refractivity contribution in [3.8, 4) is 5.75 Å². The first-order valence-electron chi connectivity index (χ1n) is 5.83. The molecule has 1 amide bonds. The summed E-state index contributed by atoms with van der Waals surface area (Å²) >= 11 is 8.31. The van der Waals surface area contributed by atoms with Crippen LogP contribution in [-0.4, -0.2) is 40.6 Å². The first-order valence-corrected chi connectivity index (χ1v) is 7.03. The molecule has 0 radical (unpaired) electrons. The van der Waals surface area contributed by atoms with E-state index in [0.29, 0.717) is 22.1 Å². The molecule has 1 saturated heterocycles. The van der Waals surface area contributed by atoms with Crippen molar-refractivity contribution in [2.45, 2.75) is 0 Å². The number of carbonyl (C=O) groups is 2. The molecule has 1 aromatic rings. The Balaban J connectivity index is 2.34. The van der Waals surface area contributed by atoms with Gasteiger partial charge in [-0.15, -0.1) is 0 Å². The van der Waals surface area contributed by atoms with Gasteiger partial charge in [0.15, 0.2) is 11.7 Å². The smallest absolute Gasteiger partial charge is 0.341 e. The van der Waals surface area contributed by atoms with Crippen LogP contribution in [0.3, 0.4) is 0 Å². The highest BCUT2D eigenvalue weighted by Crippen LogP contribution is 2.26. The third-order valence-electron chi connectivity index (χ3n) is 2.70. The van der Waals surface area contributed by atoms with Crippen LogP contribution in [0.1, 0.15) is 5.56 Å². The minimum atomic E-state index is -1.08. The van der Waals surface area contributed by atoms with Crippen molar-refractivity contribution in [1.29, 1.82) is 0 Å². The number of aliphatic carboxylic acids is 1. The summed E-state index contributed by atoms with van der Waals surface area (Å²) < 4.78 is 5.98. The maximum Gasteiger partial charge on any atom is 0.341 e. The molecule has 0 aliphatic carbocycles. The number of rotatable bonds is 4. The Morgan fingerprint density at radius 1 is 1.57 bits per heavy atom. The van der Waals surface area contributed by atoms with Crippen molar-refractivity contribution in [2.24, 2.45) is 0 Å². The van der Waals surface area contributed by atoms with E-state index in [-0.39, 0.29) is 5.91 Å². The van der Waals surface area contributed by atoms with E-state index >= 15 is 0 Å². The molecular weight excluding hydrogens is 360 g/mol. The lowest BCUT2D eigenvalue weighted by molar-refractivity contribution is -0.139. The van der Waals surface area contributed by atoms with Crippen molar-refractivity contribution >= 4 is 51.2 Å². The fourth-order valence-electron chi connectivity index (χ4n) is 1.68. The molecule has 2 N–H and O–H groups in total. The van der Waals surface area contributed by atoms with E-state index in [1.54, 1.807) is 31.3 Å². The van der Waals surface area contributed by atoms with E-state index in [1.807, 2.05) is 0 Å². The first-order chi connectivity index (χ1) is 9.88. The predicted octanol–water partition coefficient (Wildman–Crippen LogP) is 1.60. The van der Waals surface area contributed by atoms with Crippen molar-refractivity contribution in [2.75, 3.05) is 13.7 Å². The summed E-state index contributed by atoms with van der Waals surface area (Å²) in [5.74, 6) is -0.972. The molecule has 1 aromatic carbocycles. The average molecular weight is 371 g/mol. The number of amides is 1. The summed E-state index contributed by atoms with van der Waals surface area (Å²) in [6.07, 6.45) is 1.57. The molecule has 1 fully saturated rings. The van der Waals surface area contributed by atoms with Gasteiger partial charge in [0.05, 0.1) is 0 Å². The van der Waals surface area contributed by atoms with Gasteiger partial charge in [-0.2, -0.15) is 0 Å². The van der Waals surface area contributed by atoms with Crippen LogP contribution < -0.4 is 10.1 Å². The van der Waals surface area contributed by atoms with E-state index < -0.39 is 12.6 Å². The molecular formula is C13H11BrN2O4S. The Hall–Kier alpha value is -1.93.